The number of nitrogens with zero attached hydrogens (tertiary/aromatic N) is 5. The molecule has 4 aromatic heterocycles. The van der Waals surface area contributed by atoms with Crippen LogP contribution in [0.5, 0.6) is 0 Å². The molecule has 13 rings (SSSR count). The van der Waals surface area contributed by atoms with Crippen molar-refractivity contribution in [2.45, 2.75) is 0 Å². The minimum absolute atomic E-state index is 0.539. The van der Waals surface area contributed by atoms with Gasteiger partial charge in [0.2, 0.25) is 5.95 Å². The lowest BCUT2D eigenvalue weighted by Crippen LogP contribution is -2.06. The molecule has 274 valence electrons. The predicted octanol–water partition coefficient (Wildman–Crippen LogP) is 13.6. The van der Waals surface area contributed by atoms with E-state index in [0.717, 1.165) is 93.1 Å². The van der Waals surface area contributed by atoms with Crippen LogP contribution in [0.3, 0.4) is 0 Å². The van der Waals surface area contributed by atoms with Gasteiger partial charge in [-0.25, -0.2) is 4.98 Å². The van der Waals surface area contributed by atoms with Crippen LogP contribution in [0, 0.1) is 0 Å². The molecule has 0 bridgehead atoms. The Morgan fingerprint density at radius 3 is 1.58 bits per heavy atom. The molecular weight excluding hydrogens is 723 g/mol. The molecule has 0 fully saturated rings. The van der Waals surface area contributed by atoms with Crippen molar-refractivity contribution in [3.63, 3.8) is 0 Å². The highest BCUT2D eigenvalue weighted by Gasteiger charge is 2.23. The van der Waals surface area contributed by atoms with Crippen LogP contribution in [0.4, 0.5) is 0 Å². The molecule has 0 aliphatic rings. The molecule has 0 spiro atoms. The summed E-state index contributed by atoms with van der Waals surface area (Å²) >= 11 is 0. The Bertz CT molecular complexity index is 3760. The number of hydrogen-bond acceptors (Lipinski definition) is 4. The van der Waals surface area contributed by atoms with Crippen molar-refractivity contribution < 1.29 is 4.42 Å². The molecule has 6 heteroatoms. The summed E-state index contributed by atoms with van der Waals surface area (Å²) in [5.74, 6) is 1.67. The number of rotatable bonds is 4. The van der Waals surface area contributed by atoms with Crippen LogP contribution in [0.15, 0.2) is 192 Å². The Balaban J connectivity index is 1.11. The molecule has 0 saturated heterocycles. The first kappa shape index (κ1) is 32.0. The fourth-order valence-electron chi connectivity index (χ4n) is 9.30. The second-order valence-electron chi connectivity index (χ2n) is 15.2. The summed E-state index contributed by atoms with van der Waals surface area (Å²) in [6.07, 6.45) is 0. The number of hydrogen-bond donors (Lipinski definition) is 0. The highest BCUT2D eigenvalue weighted by molar-refractivity contribution is 6.23. The van der Waals surface area contributed by atoms with Gasteiger partial charge >= 0.3 is 0 Å². The maximum atomic E-state index is 6.95. The third-order valence-corrected chi connectivity index (χ3v) is 11.9. The lowest BCUT2D eigenvalue weighted by molar-refractivity contribution is 0.669. The van der Waals surface area contributed by atoms with Crippen LogP contribution >= 0.6 is 0 Å². The zero-order chi connectivity index (χ0) is 38.6. The summed E-state index contributed by atoms with van der Waals surface area (Å²) in [5, 5.41) is 11.3. The molecule has 0 saturated carbocycles. The average molecular weight is 754 g/mol. The fourth-order valence-corrected chi connectivity index (χ4v) is 9.30. The van der Waals surface area contributed by atoms with Crippen molar-refractivity contribution in [2.75, 3.05) is 0 Å². The van der Waals surface area contributed by atoms with E-state index in [2.05, 4.69) is 197 Å². The van der Waals surface area contributed by atoms with Gasteiger partial charge in [0.25, 0.3) is 0 Å². The molecule has 0 amide bonds. The van der Waals surface area contributed by atoms with Gasteiger partial charge in [0.05, 0.1) is 27.6 Å². The Labute approximate surface area is 336 Å². The van der Waals surface area contributed by atoms with Gasteiger partial charge in [0, 0.05) is 43.6 Å². The van der Waals surface area contributed by atoms with Gasteiger partial charge < -0.3 is 8.98 Å². The van der Waals surface area contributed by atoms with E-state index in [1.54, 1.807) is 0 Å². The van der Waals surface area contributed by atoms with E-state index in [1.165, 1.54) is 10.8 Å². The fraction of sp³-hybridized carbons (Fsp3) is 0. The lowest BCUT2D eigenvalue weighted by atomic mass is 9.99. The number of furan rings is 1. The van der Waals surface area contributed by atoms with Crippen LogP contribution in [-0.4, -0.2) is 24.1 Å². The number of aromatic nitrogens is 5. The van der Waals surface area contributed by atoms with Gasteiger partial charge in [0.1, 0.15) is 11.2 Å². The predicted molar refractivity (Wildman–Crippen MR) is 242 cm³/mol. The lowest BCUT2D eigenvalue weighted by Gasteiger charge is -2.12. The number of para-hydroxylation sites is 4. The van der Waals surface area contributed by atoms with Crippen LogP contribution in [0.1, 0.15) is 0 Å². The van der Waals surface area contributed by atoms with Crippen molar-refractivity contribution >= 4 is 87.1 Å². The maximum Gasteiger partial charge on any atom is 0.238 e. The number of fused-ring (bicyclic) bond motifs is 12. The van der Waals surface area contributed by atoms with E-state index < -0.39 is 0 Å². The molecule has 0 unspecified atom stereocenters. The summed E-state index contributed by atoms with van der Waals surface area (Å²) in [7, 11) is 0. The zero-order valence-corrected chi connectivity index (χ0v) is 31.5. The first-order chi connectivity index (χ1) is 29.2. The molecule has 0 N–H and O–H groups in total. The molecule has 13 aromatic rings. The summed E-state index contributed by atoms with van der Waals surface area (Å²) in [4.78, 5) is 15.9. The monoisotopic (exact) mass is 753 g/mol. The Kier molecular flexibility index (Phi) is 6.63. The second-order valence-corrected chi connectivity index (χ2v) is 15.2. The van der Waals surface area contributed by atoms with Crippen LogP contribution in [-0.2, 0) is 0 Å². The zero-order valence-electron chi connectivity index (χ0n) is 31.5. The quantitative estimate of drug-likeness (QED) is 0.180. The van der Waals surface area contributed by atoms with Gasteiger partial charge in [0.15, 0.2) is 11.6 Å². The van der Waals surface area contributed by atoms with Crippen LogP contribution in [0.2, 0.25) is 0 Å². The van der Waals surface area contributed by atoms with Crippen molar-refractivity contribution in [1.29, 1.82) is 0 Å². The van der Waals surface area contributed by atoms with E-state index >= 15 is 0 Å². The SMILES string of the molecule is c1ccc2cc(-c3nc(-c4cc5ccccc5c5c4oc4ccc(-n6c7ccccc7c7ccccc76)cc45)nc(-n4c5ccccc5c5ccccc54)n3)ccc2c1. The molecule has 0 aliphatic carbocycles. The summed E-state index contributed by atoms with van der Waals surface area (Å²) in [6.45, 7) is 0. The van der Waals surface area contributed by atoms with Crippen molar-refractivity contribution in [1.82, 2.24) is 24.1 Å². The Morgan fingerprint density at radius 1 is 0.373 bits per heavy atom. The van der Waals surface area contributed by atoms with Crippen LogP contribution < -0.4 is 0 Å². The van der Waals surface area contributed by atoms with E-state index in [9.17, 15) is 0 Å². The minimum atomic E-state index is 0.539. The Morgan fingerprint density at radius 2 is 0.915 bits per heavy atom. The summed E-state index contributed by atoms with van der Waals surface area (Å²) in [5.41, 5.74) is 8.70. The van der Waals surface area contributed by atoms with Crippen molar-refractivity contribution in [2.24, 2.45) is 0 Å². The molecular formula is C53H31N5O. The molecule has 0 radical (unpaired) electrons. The van der Waals surface area contributed by atoms with Crippen LogP contribution in [0.25, 0.3) is 122 Å². The summed E-state index contributed by atoms with van der Waals surface area (Å²) in [6, 6.07) is 66.1. The highest BCUT2D eigenvalue weighted by atomic mass is 16.3. The van der Waals surface area contributed by atoms with Crippen molar-refractivity contribution in [3.05, 3.63) is 188 Å². The minimum Gasteiger partial charge on any atom is -0.455 e. The molecule has 0 aliphatic heterocycles. The van der Waals surface area contributed by atoms with Crippen molar-refractivity contribution in [3.8, 4) is 34.4 Å². The third kappa shape index (κ3) is 4.71. The molecule has 6 nitrogen and oxygen atoms in total. The summed E-state index contributed by atoms with van der Waals surface area (Å²) < 4.78 is 11.5. The molecule has 9 aromatic carbocycles. The van der Waals surface area contributed by atoms with Gasteiger partial charge in [-0.2, -0.15) is 9.97 Å². The van der Waals surface area contributed by atoms with E-state index in [1.807, 2.05) is 0 Å². The second kappa shape index (κ2) is 12.2. The van der Waals surface area contributed by atoms with Gasteiger partial charge in [-0.05, 0) is 76.1 Å². The highest BCUT2D eigenvalue weighted by Crippen LogP contribution is 2.43. The van der Waals surface area contributed by atoms with E-state index in [4.69, 9.17) is 19.4 Å². The van der Waals surface area contributed by atoms with Gasteiger partial charge in [-0.3, -0.25) is 4.57 Å². The number of benzene rings is 9. The third-order valence-electron chi connectivity index (χ3n) is 11.9. The van der Waals surface area contributed by atoms with Gasteiger partial charge in [-0.15, -0.1) is 0 Å². The molecule has 4 heterocycles. The standard InChI is InChI=1S/C53H31N5O/c1-2-14-33-29-35(26-25-32(33)13-1)51-54-52(56-53(55-51)58-46-23-11-7-19-40(46)41-20-8-12-24-47(41)58)43-30-34-15-3-4-16-37(34)49-42-31-36(27-28-48(42)59-50(43)49)57-44-21-9-5-17-38(44)39-18-6-10-22-45(39)57/h1-31H. The topological polar surface area (TPSA) is 61.7 Å². The van der Waals surface area contributed by atoms with E-state index in [-0.39, 0.29) is 0 Å². The largest absolute Gasteiger partial charge is 0.455 e. The normalized spacial score (nSPS) is 12.1. The first-order valence-electron chi connectivity index (χ1n) is 19.9. The molecule has 0 atom stereocenters. The smallest absolute Gasteiger partial charge is 0.238 e. The molecule has 59 heavy (non-hydrogen) atoms. The van der Waals surface area contributed by atoms with E-state index in [0.29, 0.717) is 17.6 Å². The Hall–Kier alpha value is -8.09. The first-order valence-corrected chi connectivity index (χ1v) is 19.9. The maximum absolute atomic E-state index is 6.95. The van der Waals surface area contributed by atoms with Gasteiger partial charge in [-0.1, -0.05) is 133 Å². The average Bonchev–Trinajstić information content (AvgIpc) is 3.96.